The van der Waals surface area contributed by atoms with Gasteiger partial charge in [0.1, 0.15) is 0 Å². The summed E-state index contributed by atoms with van der Waals surface area (Å²) in [6.45, 7) is 1.77. The Hall–Kier alpha value is -3.74. The van der Waals surface area contributed by atoms with Crippen molar-refractivity contribution in [3.63, 3.8) is 0 Å². The molecule has 3 aromatic rings. The molecule has 3 N–H and O–H groups in total. The second-order valence-corrected chi connectivity index (χ2v) is 10.3. The minimum absolute atomic E-state index is 0.0302. The third-order valence-electron chi connectivity index (χ3n) is 7.19. The Bertz CT molecular complexity index is 1300. The van der Waals surface area contributed by atoms with Crippen LogP contribution in [0, 0.1) is 5.41 Å². The van der Waals surface area contributed by atoms with Crippen molar-refractivity contribution in [2.75, 3.05) is 5.32 Å². The number of hydrogen-bond donors (Lipinski definition) is 3. The lowest BCUT2D eigenvalue weighted by Crippen LogP contribution is -2.23. The Labute approximate surface area is 217 Å². The molecule has 194 valence electrons. The molecule has 5 rings (SSSR count). The van der Waals surface area contributed by atoms with Crippen LogP contribution in [0.15, 0.2) is 59.4 Å². The Kier molecular flexibility index (Phi) is 8.54. The van der Waals surface area contributed by atoms with Gasteiger partial charge < -0.3 is 10.4 Å². The molecule has 1 aromatic heterocycles. The number of benzene rings is 2. The standard InChI is InChI=1S/C25H27N3O2.C5H8O2/c29-24(15-7-10-18-8-2-1-3-9-18)26-20-12-6-11-19(16-20)17-23-21-13-4-5-14-22(21)25(30)28-27-23;1-5(2-3-5)4(6)7/h1-3,6,8-9,11-12,16H,4-5,7,10,13-15,17H2,(H,26,29)(H,28,30);2-3H2,1H3,(H,6,7). The van der Waals surface area contributed by atoms with Crippen LogP contribution in [0.25, 0.3) is 0 Å². The van der Waals surface area contributed by atoms with Gasteiger partial charge in [0.15, 0.2) is 0 Å². The van der Waals surface area contributed by atoms with Gasteiger partial charge in [-0.1, -0.05) is 42.5 Å². The number of nitrogens with zero attached hydrogens (tertiary/aromatic N) is 1. The van der Waals surface area contributed by atoms with Crippen LogP contribution in [-0.4, -0.2) is 27.2 Å². The van der Waals surface area contributed by atoms with E-state index in [4.69, 9.17) is 5.11 Å². The van der Waals surface area contributed by atoms with Gasteiger partial charge in [0, 0.05) is 24.1 Å². The molecule has 7 heteroatoms. The maximum absolute atomic E-state index is 12.3. The number of aromatic amines is 1. The van der Waals surface area contributed by atoms with E-state index < -0.39 is 5.97 Å². The van der Waals surface area contributed by atoms with Crippen molar-refractivity contribution < 1.29 is 14.7 Å². The Morgan fingerprint density at radius 2 is 1.70 bits per heavy atom. The first-order valence-electron chi connectivity index (χ1n) is 13.1. The Balaban J connectivity index is 0.000000396. The largest absolute Gasteiger partial charge is 0.481 e. The molecule has 1 saturated carbocycles. The average molecular weight is 502 g/mol. The smallest absolute Gasteiger partial charge is 0.309 e. The highest BCUT2D eigenvalue weighted by atomic mass is 16.4. The molecule has 0 radical (unpaired) electrons. The summed E-state index contributed by atoms with van der Waals surface area (Å²) in [4.78, 5) is 34.5. The van der Waals surface area contributed by atoms with Gasteiger partial charge in [-0.05, 0) is 87.1 Å². The maximum atomic E-state index is 12.3. The van der Waals surface area contributed by atoms with Crippen molar-refractivity contribution in [1.29, 1.82) is 0 Å². The third-order valence-corrected chi connectivity index (χ3v) is 7.19. The lowest BCUT2D eigenvalue weighted by atomic mass is 9.90. The highest BCUT2D eigenvalue weighted by molar-refractivity contribution is 5.90. The molecular weight excluding hydrogens is 466 g/mol. The molecular formula is C30H35N3O4. The summed E-state index contributed by atoms with van der Waals surface area (Å²) in [5, 5.41) is 18.3. The SMILES string of the molecule is CC1(C(=O)O)CC1.O=C(CCCc1ccccc1)Nc1cccc(Cc2n[nH]c(=O)c3c2CCCC3)c1. The van der Waals surface area contributed by atoms with Gasteiger partial charge in [0.2, 0.25) is 5.91 Å². The fraction of sp³-hybridized carbons (Fsp3) is 0.400. The van der Waals surface area contributed by atoms with E-state index in [2.05, 4.69) is 27.6 Å². The molecule has 0 bridgehead atoms. The molecule has 2 aliphatic carbocycles. The van der Waals surface area contributed by atoms with Gasteiger partial charge in [-0.15, -0.1) is 0 Å². The monoisotopic (exact) mass is 501 g/mol. The number of carboxylic acids is 1. The van der Waals surface area contributed by atoms with Crippen molar-refractivity contribution in [2.24, 2.45) is 5.41 Å². The topological polar surface area (TPSA) is 112 Å². The second kappa shape index (κ2) is 12.0. The fourth-order valence-corrected chi connectivity index (χ4v) is 4.55. The summed E-state index contributed by atoms with van der Waals surface area (Å²) in [5.41, 5.74) is 5.69. The van der Waals surface area contributed by atoms with Crippen LogP contribution in [0.5, 0.6) is 0 Å². The predicted molar refractivity (Wildman–Crippen MR) is 144 cm³/mol. The number of aromatic nitrogens is 2. The van der Waals surface area contributed by atoms with Gasteiger partial charge in [-0.25, -0.2) is 5.10 Å². The summed E-state index contributed by atoms with van der Waals surface area (Å²) >= 11 is 0. The highest BCUT2D eigenvalue weighted by Gasteiger charge is 2.44. The molecule has 0 aliphatic heterocycles. The first-order chi connectivity index (χ1) is 17.8. The van der Waals surface area contributed by atoms with Crippen molar-refractivity contribution in [1.82, 2.24) is 10.2 Å². The molecule has 0 saturated heterocycles. The molecule has 7 nitrogen and oxygen atoms in total. The van der Waals surface area contributed by atoms with Crippen LogP contribution in [0.4, 0.5) is 5.69 Å². The number of fused-ring (bicyclic) bond motifs is 1. The summed E-state index contributed by atoms with van der Waals surface area (Å²) in [7, 11) is 0. The number of hydrogen-bond acceptors (Lipinski definition) is 4. The lowest BCUT2D eigenvalue weighted by molar-refractivity contribution is -0.142. The number of carbonyl (C=O) groups excluding carboxylic acids is 1. The van der Waals surface area contributed by atoms with Gasteiger partial charge in [0.25, 0.3) is 5.56 Å². The maximum Gasteiger partial charge on any atom is 0.309 e. The summed E-state index contributed by atoms with van der Waals surface area (Å²) < 4.78 is 0. The molecule has 37 heavy (non-hydrogen) atoms. The normalized spacial score (nSPS) is 15.1. The molecule has 0 unspecified atom stereocenters. The summed E-state index contributed by atoms with van der Waals surface area (Å²) in [5.74, 6) is -0.616. The fourth-order valence-electron chi connectivity index (χ4n) is 4.55. The molecule has 1 fully saturated rings. The number of rotatable bonds is 8. The van der Waals surface area contributed by atoms with E-state index in [9.17, 15) is 14.4 Å². The molecule has 2 aliphatic rings. The number of nitrogens with one attached hydrogen (secondary N) is 2. The molecule has 1 heterocycles. The van der Waals surface area contributed by atoms with Gasteiger partial charge >= 0.3 is 5.97 Å². The Morgan fingerprint density at radius 3 is 2.38 bits per heavy atom. The van der Waals surface area contributed by atoms with Crippen LogP contribution >= 0.6 is 0 Å². The quantitative estimate of drug-likeness (QED) is 0.399. The first-order valence-corrected chi connectivity index (χ1v) is 13.1. The van der Waals surface area contributed by atoms with Crippen molar-refractivity contribution in [2.45, 2.75) is 71.1 Å². The number of carboxylic acid groups (broad SMARTS) is 1. The van der Waals surface area contributed by atoms with E-state index in [1.807, 2.05) is 42.5 Å². The minimum atomic E-state index is -0.646. The molecule has 2 aromatic carbocycles. The van der Waals surface area contributed by atoms with Crippen molar-refractivity contribution >= 4 is 17.6 Å². The zero-order valence-corrected chi connectivity index (χ0v) is 21.4. The van der Waals surface area contributed by atoms with E-state index in [0.717, 1.165) is 79.4 Å². The van der Waals surface area contributed by atoms with E-state index in [-0.39, 0.29) is 16.9 Å². The van der Waals surface area contributed by atoms with Gasteiger partial charge in [0.05, 0.1) is 11.1 Å². The van der Waals surface area contributed by atoms with Crippen LogP contribution < -0.4 is 10.9 Å². The number of H-pyrrole nitrogens is 1. The van der Waals surface area contributed by atoms with Crippen molar-refractivity contribution in [3.8, 4) is 0 Å². The molecule has 1 amide bonds. The number of amides is 1. The first kappa shape index (κ1) is 26.3. The lowest BCUT2D eigenvalue weighted by Gasteiger charge is -2.17. The van der Waals surface area contributed by atoms with E-state index in [1.54, 1.807) is 6.92 Å². The zero-order chi connectivity index (χ0) is 26.3. The van der Waals surface area contributed by atoms with E-state index >= 15 is 0 Å². The number of carbonyl (C=O) groups is 2. The van der Waals surface area contributed by atoms with E-state index in [0.29, 0.717) is 12.8 Å². The number of aliphatic carboxylic acids is 1. The van der Waals surface area contributed by atoms with Gasteiger partial charge in [-0.2, -0.15) is 5.10 Å². The predicted octanol–water partition coefficient (Wildman–Crippen LogP) is 5.07. The third kappa shape index (κ3) is 7.38. The van der Waals surface area contributed by atoms with Crippen LogP contribution in [0.2, 0.25) is 0 Å². The van der Waals surface area contributed by atoms with Crippen LogP contribution in [0.3, 0.4) is 0 Å². The Morgan fingerprint density at radius 1 is 1.00 bits per heavy atom. The van der Waals surface area contributed by atoms with Crippen LogP contribution in [0.1, 0.15) is 73.4 Å². The van der Waals surface area contributed by atoms with Crippen LogP contribution in [-0.2, 0) is 35.3 Å². The minimum Gasteiger partial charge on any atom is -0.481 e. The highest BCUT2D eigenvalue weighted by Crippen LogP contribution is 2.44. The average Bonchev–Trinajstić information content (AvgIpc) is 3.66. The summed E-state index contributed by atoms with van der Waals surface area (Å²) in [6.07, 6.45) is 8.50. The van der Waals surface area contributed by atoms with E-state index in [1.165, 1.54) is 5.56 Å². The molecule has 0 spiro atoms. The molecule has 0 atom stereocenters. The number of aryl methyl sites for hydroxylation is 1. The summed E-state index contributed by atoms with van der Waals surface area (Å²) in [6, 6.07) is 18.1. The van der Waals surface area contributed by atoms with Crippen molar-refractivity contribution in [3.05, 3.63) is 92.9 Å². The second-order valence-electron chi connectivity index (χ2n) is 10.3. The zero-order valence-electron chi connectivity index (χ0n) is 21.4. The number of anilines is 1. The van der Waals surface area contributed by atoms with Gasteiger partial charge in [-0.3, -0.25) is 14.4 Å².